The van der Waals surface area contributed by atoms with E-state index < -0.39 is 11.6 Å². The van der Waals surface area contributed by atoms with Gasteiger partial charge in [0, 0.05) is 12.1 Å². The standard InChI is InChI=1S/C14H19F2N/c1-10(2)17-7-5-11(6-8-17)13-4-3-12(15)9-14(13)16/h3-4,9-11H,5-8H2,1-2H3. The summed E-state index contributed by atoms with van der Waals surface area (Å²) in [5.41, 5.74) is 0.676. The number of halogens is 2. The van der Waals surface area contributed by atoms with E-state index in [-0.39, 0.29) is 5.92 Å². The first kappa shape index (κ1) is 12.5. The summed E-state index contributed by atoms with van der Waals surface area (Å²) in [6, 6.07) is 4.49. The average Bonchev–Trinajstić information content (AvgIpc) is 2.29. The Morgan fingerprint density at radius 3 is 2.35 bits per heavy atom. The van der Waals surface area contributed by atoms with E-state index in [1.807, 2.05) is 0 Å². The highest BCUT2D eigenvalue weighted by molar-refractivity contribution is 5.23. The van der Waals surface area contributed by atoms with Crippen LogP contribution in [0.25, 0.3) is 0 Å². The summed E-state index contributed by atoms with van der Waals surface area (Å²) in [5, 5.41) is 0. The van der Waals surface area contributed by atoms with E-state index >= 15 is 0 Å². The highest BCUT2D eigenvalue weighted by Crippen LogP contribution is 2.30. The molecule has 1 heterocycles. The van der Waals surface area contributed by atoms with Gasteiger partial charge in [-0.1, -0.05) is 6.07 Å². The fourth-order valence-electron chi connectivity index (χ4n) is 2.56. The second-order valence-corrected chi connectivity index (χ2v) is 5.07. The molecule has 0 bridgehead atoms. The molecule has 1 aliphatic heterocycles. The first-order valence-corrected chi connectivity index (χ1v) is 6.27. The first-order chi connectivity index (χ1) is 8.08. The molecule has 0 saturated carbocycles. The van der Waals surface area contributed by atoms with Crippen molar-refractivity contribution in [3.63, 3.8) is 0 Å². The summed E-state index contributed by atoms with van der Waals surface area (Å²) in [5.74, 6) is -0.649. The lowest BCUT2D eigenvalue weighted by molar-refractivity contribution is 0.171. The normalized spacial score (nSPS) is 18.9. The van der Waals surface area contributed by atoms with E-state index in [1.54, 1.807) is 6.07 Å². The lowest BCUT2D eigenvalue weighted by Crippen LogP contribution is -2.38. The monoisotopic (exact) mass is 239 g/mol. The van der Waals surface area contributed by atoms with E-state index in [0.29, 0.717) is 11.6 Å². The van der Waals surface area contributed by atoms with Gasteiger partial charge in [-0.2, -0.15) is 0 Å². The van der Waals surface area contributed by atoms with E-state index in [2.05, 4.69) is 18.7 Å². The molecular weight excluding hydrogens is 220 g/mol. The molecule has 0 amide bonds. The van der Waals surface area contributed by atoms with Crippen LogP contribution in [0.15, 0.2) is 18.2 Å². The molecule has 0 radical (unpaired) electrons. The number of benzene rings is 1. The van der Waals surface area contributed by atoms with Crippen LogP contribution in [-0.2, 0) is 0 Å². The molecule has 0 aliphatic carbocycles. The zero-order chi connectivity index (χ0) is 12.4. The fourth-order valence-corrected chi connectivity index (χ4v) is 2.56. The Morgan fingerprint density at radius 2 is 1.82 bits per heavy atom. The van der Waals surface area contributed by atoms with Crippen molar-refractivity contribution < 1.29 is 8.78 Å². The fraction of sp³-hybridized carbons (Fsp3) is 0.571. The van der Waals surface area contributed by atoms with E-state index in [4.69, 9.17) is 0 Å². The van der Waals surface area contributed by atoms with Crippen LogP contribution in [0.3, 0.4) is 0 Å². The maximum Gasteiger partial charge on any atom is 0.129 e. The third-order valence-corrected chi connectivity index (χ3v) is 3.66. The molecule has 1 aliphatic rings. The van der Waals surface area contributed by atoms with Gasteiger partial charge in [-0.3, -0.25) is 0 Å². The Kier molecular flexibility index (Phi) is 3.77. The largest absolute Gasteiger partial charge is 0.301 e. The van der Waals surface area contributed by atoms with Crippen molar-refractivity contribution in [3.05, 3.63) is 35.4 Å². The highest BCUT2D eigenvalue weighted by atomic mass is 19.1. The Labute approximate surface area is 101 Å². The van der Waals surface area contributed by atoms with Crippen LogP contribution in [0.5, 0.6) is 0 Å². The molecule has 1 saturated heterocycles. The van der Waals surface area contributed by atoms with Gasteiger partial charge in [0.15, 0.2) is 0 Å². The van der Waals surface area contributed by atoms with Crippen molar-refractivity contribution in [1.82, 2.24) is 4.90 Å². The quantitative estimate of drug-likeness (QED) is 0.763. The number of rotatable bonds is 2. The summed E-state index contributed by atoms with van der Waals surface area (Å²) in [6.45, 7) is 6.36. The van der Waals surface area contributed by atoms with Gasteiger partial charge in [-0.05, 0) is 57.3 Å². The lowest BCUT2D eigenvalue weighted by atomic mass is 9.88. The summed E-state index contributed by atoms with van der Waals surface area (Å²) in [4.78, 5) is 2.40. The molecule has 17 heavy (non-hydrogen) atoms. The Morgan fingerprint density at radius 1 is 1.18 bits per heavy atom. The molecule has 94 valence electrons. The minimum absolute atomic E-state index is 0.241. The maximum atomic E-state index is 13.6. The SMILES string of the molecule is CC(C)N1CCC(c2ccc(F)cc2F)CC1. The molecule has 1 nitrogen and oxygen atoms in total. The molecular formula is C14H19F2N. The molecule has 1 aromatic rings. The van der Waals surface area contributed by atoms with E-state index in [9.17, 15) is 8.78 Å². The molecule has 0 N–H and O–H groups in total. The summed E-state index contributed by atoms with van der Waals surface area (Å²) in [7, 11) is 0. The number of nitrogens with zero attached hydrogens (tertiary/aromatic N) is 1. The Bertz CT molecular complexity index is 382. The smallest absolute Gasteiger partial charge is 0.129 e. The van der Waals surface area contributed by atoms with Crippen molar-refractivity contribution in [2.45, 2.75) is 38.6 Å². The molecule has 1 fully saturated rings. The molecule has 0 atom stereocenters. The van der Waals surface area contributed by atoms with Gasteiger partial charge in [-0.15, -0.1) is 0 Å². The lowest BCUT2D eigenvalue weighted by Gasteiger charge is -2.34. The van der Waals surface area contributed by atoms with Crippen LogP contribution in [0.1, 0.15) is 38.2 Å². The van der Waals surface area contributed by atoms with Crippen LogP contribution >= 0.6 is 0 Å². The molecule has 2 rings (SSSR count). The van der Waals surface area contributed by atoms with Gasteiger partial charge in [0.05, 0.1) is 0 Å². The summed E-state index contributed by atoms with van der Waals surface area (Å²) >= 11 is 0. The Balaban J connectivity index is 2.05. The average molecular weight is 239 g/mol. The molecule has 0 spiro atoms. The molecule has 3 heteroatoms. The second-order valence-electron chi connectivity index (χ2n) is 5.07. The van der Waals surface area contributed by atoms with E-state index in [0.717, 1.165) is 32.0 Å². The van der Waals surface area contributed by atoms with Crippen molar-refractivity contribution in [2.75, 3.05) is 13.1 Å². The van der Waals surface area contributed by atoms with E-state index in [1.165, 1.54) is 6.07 Å². The van der Waals surface area contributed by atoms with Gasteiger partial charge < -0.3 is 4.90 Å². The minimum atomic E-state index is -0.495. The third-order valence-electron chi connectivity index (χ3n) is 3.66. The zero-order valence-electron chi connectivity index (χ0n) is 10.4. The van der Waals surface area contributed by atoms with Gasteiger partial charge in [0.2, 0.25) is 0 Å². The number of likely N-dealkylation sites (tertiary alicyclic amines) is 1. The maximum absolute atomic E-state index is 13.6. The van der Waals surface area contributed by atoms with Crippen LogP contribution in [-0.4, -0.2) is 24.0 Å². The van der Waals surface area contributed by atoms with Crippen molar-refractivity contribution in [1.29, 1.82) is 0 Å². The molecule has 0 unspecified atom stereocenters. The second kappa shape index (κ2) is 5.13. The van der Waals surface area contributed by atoms with Gasteiger partial charge >= 0.3 is 0 Å². The number of piperidine rings is 1. The highest BCUT2D eigenvalue weighted by Gasteiger charge is 2.23. The molecule has 1 aromatic carbocycles. The van der Waals surface area contributed by atoms with Crippen LogP contribution < -0.4 is 0 Å². The zero-order valence-corrected chi connectivity index (χ0v) is 10.4. The van der Waals surface area contributed by atoms with Gasteiger partial charge in [-0.25, -0.2) is 8.78 Å². The first-order valence-electron chi connectivity index (χ1n) is 6.27. The van der Waals surface area contributed by atoms with Crippen molar-refractivity contribution in [2.24, 2.45) is 0 Å². The Hall–Kier alpha value is -0.960. The van der Waals surface area contributed by atoms with Crippen LogP contribution in [0, 0.1) is 11.6 Å². The number of hydrogen-bond acceptors (Lipinski definition) is 1. The predicted molar refractivity (Wildman–Crippen MR) is 65.0 cm³/mol. The predicted octanol–water partition coefficient (Wildman–Crippen LogP) is 3.55. The topological polar surface area (TPSA) is 3.24 Å². The van der Waals surface area contributed by atoms with Crippen LogP contribution in [0.2, 0.25) is 0 Å². The summed E-state index contributed by atoms with van der Waals surface area (Å²) in [6.07, 6.45) is 1.92. The van der Waals surface area contributed by atoms with Crippen molar-refractivity contribution >= 4 is 0 Å². The third kappa shape index (κ3) is 2.83. The molecule has 0 aromatic heterocycles. The van der Waals surface area contributed by atoms with Gasteiger partial charge in [0.1, 0.15) is 11.6 Å². The summed E-state index contributed by atoms with van der Waals surface area (Å²) < 4.78 is 26.5. The minimum Gasteiger partial charge on any atom is -0.301 e. The van der Waals surface area contributed by atoms with Gasteiger partial charge in [0.25, 0.3) is 0 Å². The van der Waals surface area contributed by atoms with Crippen molar-refractivity contribution in [3.8, 4) is 0 Å². The van der Waals surface area contributed by atoms with Crippen LogP contribution in [0.4, 0.5) is 8.78 Å². The number of hydrogen-bond donors (Lipinski definition) is 0.